The van der Waals surface area contributed by atoms with Crippen LogP contribution in [-0.2, 0) is 0 Å². The van der Waals surface area contributed by atoms with Gasteiger partial charge in [-0.2, -0.15) is 0 Å². The van der Waals surface area contributed by atoms with Crippen LogP contribution in [0.2, 0.25) is 0 Å². The summed E-state index contributed by atoms with van der Waals surface area (Å²) in [6.45, 7) is 1.56. The summed E-state index contributed by atoms with van der Waals surface area (Å²) in [4.78, 5) is 21.1. The largest absolute Gasteiger partial charge is 0.295 e. The van der Waals surface area contributed by atoms with Gasteiger partial charge in [0.05, 0.1) is 0 Å². The number of nitrogens with zero attached hydrogens (tertiary/aromatic N) is 2. The van der Waals surface area contributed by atoms with Crippen molar-refractivity contribution in [3.63, 3.8) is 0 Å². The third-order valence-electron chi connectivity index (χ3n) is 2.01. The summed E-state index contributed by atoms with van der Waals surface area (Å²) >= 11 is 1.54. The lowest BCUT2D eigenvalue weighted by atomic mass is 10.2. The van der Waals surface area contributed by atoms with E-state index in [0.717, 1.165) is 15.4 Å². The van der Waals surface area contributed by atoms with Crippen LogP contribution in [0.1, 0.15) is 17.3 Å². The van der Waals surface area contributed by atoms with Crippen molar-refractivity contribution >= 4 is 17.5 Å². The van der Waals surface area contributed by atoms with Crippen LogP contribution >= 0.6 is 11.8 Å². The minimum absolute atomic E-state index is 0.0757. The molecule has 1 heterocycles. The van der Waals surface area contributed by atoms with Crippen molar-refractivity contribution in [3.05, 3.63) is 48.5 Å². The average molecular weight is 230 g/mol. The molecule has 80 valence electrons. The second-order valence-corrected chi connectivity index (χ2v) is 4.41. The fourth-order valence-corrected chi connectivity index (χ4v) is 2.08. The van der Waals surface area contributed by atoms with E-state index in [2.05, 4.69) is 9.97 Å². The minimum atomic E-state index is 0.0757. The monoisotopic (exact) mass is 230 g/mol. The first-order chi connectivity index (χ1) is 7.75. The number of benzene rings is 1. The first kappa shape index (κ1) is 10.8. The highest BCUT2D eigenvalue weighted by molar-refractivity contribution is 7.99. The van der Waals surface area contributed by atoms with Gasteiger partial charge in [-0.15, -0.1) is 0 Å². The van der Waals surface area contributed by atoms with Gasteiger partial charge in [0, 0.05) is 27.7 Å². The Bertz CT molecular complexity index is 499. The molecule has 0 amide bonds. The van der Waals surface area contributed by atoms with Crippen LogP contribution in [0.3, 0.4) is 0 Å². The maximum Gasteiger partial charge on any atom is 0.159 e. The van der Waals surface area contributed by atoms with Crippen molar-refractivity contribution < 1.29 is 4.79 Å². The van der Waals surface area contributed by atoms with Crippen molar-refractivity contribution in [2.24, 2.45) is 0 Å². The van der Waals surface area contributed by atoms with Crippen molar-refractivity contribution in [2.45, 2.75) is 16.7 Å². The zero-order valence-corrected chi connectivity index (χ0v) is 9.57. The molecule has 0 radical (unpaired) electrons. The maximum absolute atomic E-state index is 11.2. The molecule has 0 aliphatic rings. The predicted molar refractivity (Wildman–Crippen MR) is 62.6 cm³/mol. The van der Waals surface area contributed by atoms with Crippen molar-refractivity contribution in [1.82, 2.24) is 9.97 Å². The normalized spacial score (nSPS) is 10.1. The van der Waals surface area contributed by atoms with E-state index in [1.54, 1.807) is 31.1 Å². The predicted octanol–water partition coefficient (Wildman–Crippen LogP) is 2.83. The molecule has 1 aromatic heterocycles. The summed E-state index contributed by atoms with van der Waals surface area (Å²) < 4.78 is 0. The smallest absolute Gasteiger partial charge is 0.159 e. The van der Waals surface area contributed by atoms with E-state index in [1.165, 1.54) is 6.33 Å². The number of ketones is 1. The summed E-state index contributed by atoms with van der Waals surface area (Å²) in [6.07, 6.45) is 4.99. The van der Waals surface area contributed by atoms with Crippen molar-refractivity contribution in [2.75, 3.05) is 0 Å². The van der Waals surface area contributed by atoms with E-state index in [9.17, 15) is 4.79 Å². The van der Waals surface area contributed by atoms with Crippen molar-refractivity contribution in [1.29, 1.82) is 0 Å². The zero-order valence-electron chi connectivity index (χ0n) is 8.75. The number of hydrogen-bond acceptors (Lipinski definition) is 4. The Labute approximate surface area is 97.9 Å². The lowest BCUT2D eigenvalue weighted by Crippen LogP contribution is -1.91. The third kappa shape index (κ3) is 2.67. The third-order valence-corrected chi connectivity index (χ3v) is 2.95. The van der Waals surface area contributed by atoms with Crippen LogP contribution in [0.4, 0.5) is 0 Å². The van der Waals surface area contributed by atoms with Gasteiger partial charge in [-0.05, 0) is 19.1 Å². The summed E-state index contributed by atoms with van der Waals surface area (Å²) in [5.41, 5.74) is 0.724. The van der Waals surface area contributed by atoms with E-state index >= 15 is 0 Å². The Kier molecular flexibility index (Phi) is 3.31. The summed E-state index contributed by atoms with van der Waals surface area (Å²) in [6, 6.07) is 7.53. The molecule has 2 rings (SSSR count). The first-order valence-electron chi connectivity index (χ1n) is 4.79. The molecule has 0 fully saturated rings. The first-order valence-corrected chi connectivity index (χ1v) is 5.61. The molecular weight excluding hydrogens is 220 g/mol. The molecule has 3 nitrogen and oxygen atoms in total. The Hall–Kier alpha value is -1.68. The van der Waals surface area contributed by atoms with E-state index in [1.807, 2.05) is 24.3 Å². The summed E-state index contributed by atoms with van der Waals surface area (Å²) in [5.74, 6) is 0.0757. The molecule has 0 atom stereocenters. The van der Waals surface area contributed by atoms with Gasteiger partial charge in [0.25, 0.3) is 0 Å². The van der Waals surface area contributed by atoms with Gasteiger partial charge in [0.2, 0.25) is 0 Å². The molecule has 0 spiro atoms. The Morgan fingerprint density at radius 2 is 1.94 bits per heavy atom. The van der Waals surface area contributed by atoms with Crippen molar-refractivity contribution in [3.8, 4) is 0 Å². The number of carbonyl (C=O) groups excluding carboxylic acids is 1. The van der Waals surface area contributed by atoms with E-state index in [0.29, 0.717) is 0 Å². The van der Waals surface area contributed by atoms with Crippen LogP contribution in [0.25, 0.3) is 0 Å². The number of aromatic nitrogens is 2. The standard InChI is InChI=1S/C12H10N2OS/c1-9(15)10-3-2-4-11(5-10)16-12-6-13-8-14-7-12/h2-8H,1H3. The number of carbonyl (C=O) groups is 1. The number of Topliss-reactive ketones (excluding diaryl/α,β-unsaturated/α-hetero) is 1. The second kappa shape index (κ2) is 4.90. The Morgan fingerprint density at radius 1 is 1.19 bits per heavy atom. The Balaban J connectivity index is 2.22. The lowest BCUT2D eigenvalue weighted by Gasteiger charge is -2.02. The van der Waals surface area contributed by atoms with Crippen LogP contribution in [0, 0.1) is 0 Å². The highest BCUT2D eigenvalue weighted by atomic mass is 32.2. The maximum atomic E-state index is 11.2. The fourth-order valence-electron chi connectivity index (χ4n) is 1.25. The van der Waals surface area contributed by atoms with Crippen LogP contribution in [0.15, 0.2) is 52.8 Å². The molecule has 0 aliphatic heterocycles. The number of rotatable bonds is 3. The molecule has 0 saturated carbocycles. The van der Waals surface area contributed by atoms with Crippen LogP contribution in [-0.4, -0.2) is 15.8 Å². The SMILES string of the molecule is CC(=O)c1cccc(Sc2cncnc2)c1. The summed E-state index contributed by atoms with van der Waals surface area (Å²) in [7, 11) is 0. The van der Waals surface area contributed by atoms with Gasteiger partial charge in [-0.1, -0.05) is 23.9 Å². The lowest BCUT2D eigenvalue weighted by molar-refractivity contribution is 0.101. The topological polar surface area (TPSA) is 42.9 Å². The van der Waals surface area contributed by atoms with Gasteiger partial charge < -0.3 is 0 Å². The second-order valence-electron chi connectivity index (χ2n) is 3.26. The zero-order chi connectivity index (χ0) is 11.4. The molecule has 0 bridgehead atoms. The molecule has 0 saturated heterocycles. The number of hydrogen-bond donors (Lipinski definition) is 0. The molecule has 2 aromatic rings. The molecule has 4 heteroatoms. The quantitative estimate of drug-likeness (QED) is 0.760. The van der Waals surface area contributed by atoms with Gasteiger partial charge >= 0.3 is 0 Å². The molecule has 0 N–H and O–H groups in total. The molecule has 0 unspecified atom stereocenters. The molecule has 16 heavy (non-hydrogen) atoms. The van der Waals surface area contributed by atoms with E-state index in [-0.39, 0.29) is 5.78 Å². The highest BCUT2D eigenvalue weighted by Gasteiger charge is 2.02. The van der Waals surface area contributed by atoms with Gasteiger partial charge in [-0.25, -0.2) is 9.97 Å². The van der Waals surface area contributed by atoms with Gasteiger partial charge in [0.1, 0.15) is 6.33 Å². The Morgan fingerprint density at radius 3 is 2.62 bits per heavy atom. The van der Waals surface area contributed by atoms with Crippen LogP contribution in [0.5, 0.6) is 0 Å². The summed E-state index contributed by atoms with van der Waals surface area (Å²) in [5, 5.41) is 0. The van der Waals surface area contributed by atoms with Gasteiger partial charge in [-0.3, -0.25) is 4.79 Å². The van der Waals surface area contributed by atoms with E-state index in [4.69, 9.17) is 0 Å². The molecule has 1 aromatic carbocycles. The fraction of sp³-hybridized carbons (Fsp3) is 0.0833. The van der Waals surface area contributed by atoms with E-state index < -0.39 is 0 Å². The molecular formula is C12H10N2OS. The molecule has 0 aliphatic carbocycles. The average Bonchev–Trinajstić information content (AvgIpc) is 2.30. The minimum Gasteiger partial charge on any atom is -0.295 e. The highest BCUT2D eigenvalue weighted by Crippen LogP contribution is 2.26. The van der Waals surface area contributed by atoms with Crippen LogP contribution < -0.4 is 0 Å². The van der Waals surface area contributed by atoms with Gasteiger partial charge in [0.15, 0.2) is 5.78 Å².